The van der Waals surface area contributed by atoms with E-state index in [-0.39, 0.29) is 0 Å². The fourth-order valence-electron chi connectivity index (χ4n) is 3.80. The first-order valence-corrected chi connectivity index (χ1v) is 6.74. The van der Waals surface area contributed by atoms with Crippen molar-refractivity contribution in [3.8, 4) is 0 Å². The van der Waals surface area contributed by atoms with Gasteiger partial charge in [0.15, 0.2) is 0 Å². The molecule has 0 spiro atoms. The molecule has 4 atom stereocenters. The zero-order valence-electron chi connectivity index (χ0n) is 9.58. The molecule has 0 aromatic heterocycles. The lowest BCUT2D eigenvalue weighted by atomic mass is 9.89. The predicted octanol–water partition coefficient (Wildman–Crippen LogP) is 2.19. The summed E-state index contributed by atoms with van der Waals surface area (Å²) in [6.07, 6.45) is 9.04. The summed E-state index contributed by atoms with van der Waals surface area (Å²) in [4.78, 5) is 0. The van der Waals surface area contributed by atoms with Crippen LogP contribution in [0.1, 0.15) is 38.5 Å². The van der Waals surface area contributed by atoms with Gasteiger partial charge in [-0.05, 0) is 56.4 Å². The fourth-order valence-corrected chi connectivity index (χ4v) is 3.80. The molecule has 2 heteroatoms. The minimum atomic E-state index is 0.512. The number of nitrogens with one attached hydrogen (secondary N) is 1. The molecule has 2 bridgehead atoms. The maximum atomic E-state index is 6.06. The average molecular weight is 209 g/mol. The SMILES string of the molecule is C1CNC[C@@H](OCC2CC3CCC2C3)C1. The van der Waals surface area contributed by atoms with Crippen molar-refractivity contribution in [1.82, 2.24) is 5.32 Å². The van der Waals surface area contributed by atoms with E-state index in [9.17, 15) is 0 Å². The molecule has 2 aliphatic carbocycles. The van der Waals surface area contributed by atoms with Gasteiger partial charge in [-0.25, -0.2) is 0 Å². The second-order valence-corrected chi connectivity index (χ2v) is 5.74. The van der Waals surface area contributed by atoms with Gasteiger partial charge < -0.3 is 10.1 Å². The highest BCUT2D eigenvalue weighted by Gasteiger charge is 2.39. The van der Waals surface area contributed by atoms with Crippen LogP contribution in [0.25, 0.3) is 0 Å². The van der Waals surface area contributed by atoms with Crippen LogP contribution in [0.5, 0.6) is 0 Å². The van der Waals surface area contributed by atoms with Crippen molar-refractivity contribution in [2.24, 2.45) is 17.8 Å². The molecule has 3 aliphatic rings. The van der Waals surface area contributed by atoms with Crippen LogP contribution in [0, 0.1) is 17.8 Å². The standard InChI is InChI=1S/C13H23NO/c1-2-13(8-14-5-1)15-9-12-7-10-3-4-11(12)6-10/h10-14H,1-9H2/t10?,11?,12?,13-/m0/s1. The summed E-state index contributed by atoms with van der Waals surface area (Å²) in [6.45, 7) is 3.32. The Morgan fingerprint density at radius 1 is 1.13 bits per heavy atom. The van der Waals surface area contributed by atoms with Crippen molar-refractivity contribution < 1.29 is 4.74 Å². The van der Waals surface area contributed by atoms with E-state index in [2.05, 4.69) is 5.32 Å². The third-order valence-corrected chi connectivity index (χ3v) is 4.68. The average Bonchev–Trinajstić information content (AvgIpc) is 2.89. The van der Waals surface area contributed by atoms with E-state index in [0.717, 1.165) is 30.9 Å². The van der Waals surface area contributed by atoms with Crippen LogP contribution in [-0.2, 0) is 4.74 Å². The summed E-state index contributed by atoms with van der Waals surface area (Å²) in [7, 11) is 0. The number of hydrogen-bond acceptors (Lipinski definition) is 2. The molecule has 0 radical (unpaired) electrons. The van der Waals surface area contributed by atoms with Crippen LogP contribution < -0.4 is 5.32 Å². The molecule has 3 fully saturated rings. The molecule has 86 valence electrons. The van der Waals surface area contributed by atoms with E-state index in [4.69, 9.17) is 4.74 Å². The van der Waals surface area contributed by atoms with Gasteiger partial charge in [0.05, 0.1) is 12.7 Å². The van der Waals surface area contributed by atoms with Crippen molar-refractivity contribution in [3.05, 3.63) is 0 Å². The normalized spacial score (nSPS) is 44.8. The molecule has 0 aromatic carbocycles. The summed E-state index contributed by atoms with van der Waals surface area (Å²) in [5.74, 6) is 2.99. The number of ether oxygens (including phenoxy) is 1. The van der Waals surface area contributed by atoms with Gasteiger partial charge in [-0.2, -0.15) is 0 Å². The van der Waals surface area contributed by atoms with E-state index in [1.165, 1.54) is 45.1 Å². The molecule has 0 amide bonds. The first kappa shape index (κ1) is 10.1. The van der Waals surface area contributed by atoms with Crippen LogP contribution >= 0.6 is 0 Å². The van der Waals surface area contributed by atoms with Gasteiger partial charge in [0, 0.05) is 6.54 Å². The highest BCUT2D eigenvalue weighted by atomic mass is 16.5. The lowest BCUT2D eigenvalue weighted by Gasteiger charge is -2.27. The molecular weight excluding hydrogens is 186 g/mol. The van der Waals surface area contributed by atoms with E-state index in [1.807, 2.05) is 0 Å². The third-order valence-electron chi connectivity index (χ3n) is 4.68. The van der Waals surface area contributed by atoms with Crippen molar-refractivity contribution in [3.63, 3.8) is 0 Å². The minimum absolute atomic E-state index is 0.512. The fraction of sp³-hybridized carbons (Fsp3) is 1.00. The third kappa shape index (κ3) is 2.21. The highest BCUT2D eigenvalue weighted by Crippen LogP contribution is 2.48. The second-order valence-electron chi connectivity index (χ2n) is 5.74. The Labute approximate surface area is 92.8 Å². The quantitative estimate of drug-likeness (QED) is 0.769. The maximum absolute atomic E-state index is 6.06. The first-order valence-electron chi connectivity index (χ1n) is 6.74. The Kier molecular flexibility index (Phi) is 2.98. The Bertz CT molecular complexity index is 213. The first-order chi connectivity index (χ1) is 7.42. The van der Waals surface area contributed by atoms with E-state index >= 15 is 0 Å². The topological polar surface area (TPSA) is 21.3 Å². The molecule has 1 saturated heterocycles. The number of hydrogen-bond donors (Lipinski definition) is 1. The number of fused-ring (bicyclic) bond motifs is 2. The van der Waals surface area contributed by atoms with Gasteiger partial charge in [-0.3, -0.25) is 0 Å². The van der Waals surface area contributed by atoms with Gasteiger partial charge in [0.2, 0.25) is 0 Å². The summed E-state index contributed by atoms with van der Waals surface area (Å²) in [6, 6.07) is 0. The monoisotopic (exact) mass is 209 g/mol. The van der Waals surface area contributed by atoms with Crippen LogP contribution in [-0.4, -0.2) is 25.8 Å². The Morgan fingerprint density at radius 3 is 2.80 bits per heavy atom. The molecule has 2 saturated carbocycles. The lowest BCUT2D eigenvalue weighted by molar-refractivity contribution is 0.00455. The smallest absolute Gasteiger partial charge is 0.0700 e. The minimum Gasteiger partial charge on any atom is -0.377 e. The largest absolute Gasteiger partial charge is 0.377 e. The van der Waals surface area contributed by atoms with Crippen LogP contribution in [0.3, 0.4) is 0 Å². The Balaban J connectivity index is 1.42. The summed E-state index contributed by atoms with van der Waals surface area (Å²) < 4.78 is 6.06. The molecule has 1 N–H and O–H groups in total. The van der Waals surface area contributed by atoms with Gasteiger partial charge in [-0.15, -0.1) is 0 Å². The van der Waals surface area contributed by atoms with Crippen molar-refractivity contribution in [2.45, 2.75) is 44.6 Å². The van der Waals surface area contributed by atoms with E-state index in [1.54, 1.807) is 0 Å². The van der Waals surface area contributed by atoms with Gasteiger partial charge in [-0.1, -0.05) is 6.42 Å². The van der Waals surface area contributed by atoms with Crippen LogP contribution in [0.15, 0.2) is 0 Å². The molecular formula is C13H23NO. The highest BCUT2D eigenvalue weighted by molar-refractivity contribution is 4.90. The van der Waals surface area contributed by atoms with Crippen molar-refractivity contribution in [2.75, 3.05) is 19.7 Å². The van der Waals surface area contributed by atoms with Crippen LogP contribution in [0.4, 0.5) is 0 Å². The molecule has 1 heterocycles. The zero-order valence-corrected chi connectivity index (χ0v) is 9.58. The second kappa shape index (κ2) is 4.42. The molecule has 15 heavy (non-hydrogen) atoms. The van der Waals surface area contributed by atoms with E-state index < -0.39 is 0 Å². The lowest BCUT2D eigenvalue weighted by Crippen LogP contribution is -2.36. The molecule has 2 nitrogen and oxygen atoms in total. The molecule has 0 aromatic rings. The predicted molar refractivity (Wildman–Crippen MR) is 60.8 cm³/mol. The zero-order chi connectivity index (χ0) is 10.1. The van der Waals surface area contributed by atoms with Crippen molar-refractivity contribution >= 4 is 0 Å². The van der Waals surface area contributed by atoms with Gasteiger partial charge in [0.25, 0.3) is 0 Å². The maximum Gasteiger partial charge on any atom is 0.0700 e. The summed E-state index contributed by atoms with van der Waals surface area (Å²) >= 11 is 0. The molecule has 3 rings (SSSR count). The Hall–Kier alpha value is -0.0800. The number of piperidine rings is 1. The molecule has 1 aliphatic heterocycles. The van der Waals surface area contributed by atoms with Gasteiger partial charge >= 0.3 is 0 Å². The molecule has 3 unspecified atom stereocenters. The van der Waals surface area contributed by atoms with Crippen LogP contribution in [0.2, 0.25) is 0 Å². The van der Waals surface area contributed by atoms with Gasteiger partial charge in [0.1, 0.15) is 0 Å². The Morgan fingerprint density at radius 2 is 2.13 bits per heavy atom. The number of rotatable bonds is 3. The van der Waals surface area contributed by atoms with Crippen molar-refractivity contribution in [1.29, 1.82) is 0 Å². The summed E-state index contributed by atoms with van der Waals surface area (Å²) in [5, 5.41) is 3.42. The summed E-state index contributed by atoms with van der Waals surface area (Å²) in [5.41, 5.74) is 0. The van der Waals surface area contributed by atoms with E-state index in [0.29, 0.717) is 6.10 Å².